The molecule has 1 aliphatic rings. The third-order valence-corrected chi connectivity index (χ3v) is 2.86. The van der Waals surface area contributed by atoms with Crippen molar-refractivity contribution in [3.63, 3.8) is 0 Å². The molecule has 0 bridgehead atoms. The van der Waals surface area contributed by atoms with Crippen LogP contribution in [0.3, 0.4) is 0 Å². The Morgan fingerprint density at radius 2 is 2.06 bits per heavy atom. The molecular formula is C13H17NO3. The molecule has 1 aromatic rings. The number of morpholine rings is 1. The van der Waals surface area contributed by atoms with E-state index in [0.29, 0.717) is 13.1 Å². The van der Waals surface area contributed by atoms with E-state index in [2.05, 4.69) is 0 Å². The Morgan fingerprint density at radius 1 is 1.35 bits per heavy atom. The van der Waals surface area contributed by atoms with Crippen LogP contribution in [0.4, 0.5) is 4.79 Å². The predicted octanol–water partition coefficient (Wildman–Crippen LogP) is 2.21. The minimum atomic E-state index is -0.291. The lowest BCUT2D eigenvalue weighted by Gasteiger charge is -2.36. The standard InChI is InChI=1S/C13H17NO3/c1-10-8-14(13(15)16-2)9-12(17-10)11-6-4-3-5-7-11/h3-7,10,12H,8-9H2,1-2H3. The van der Waals surface area contributed by atoms with Crippen LogP contribution >= 0.6 is 0 Å². The molecule has 1 aromatic carbocycles. The van der Waals surface area contributed by atoms with Gasteiger partial charge < -0.3 is 14.4 Å². The van der Waals surface area contributed by atoms with E-state index < -0.39 is 0 Å². The quantitative estimate of drug-likeness (QED) is 0.749. The summed E-state index contributed by atoms with van der Waals surface area (Å²) in [4.78, 5) is 13.2. The Kier molecular flexibility index (Phi) is 3.64. The topological polar surface area (TPSA) is 38.8 Å². The minimum Gasteiger partial charge on any atom is -0.453 e. The summed E-state index contributed by atoms with van der Waals surface area (Å²) in [5.74, 6) is 0. The second-order valence-electron chi connectivity index (χ2n) is 4.22. The van der Waals surface area contributed by atoms with Crippen molar-refractivity contribution >= 4 is 6.09 Å². The van der Waals surface area contributed by atoms with Crippen LogP contribution in [0.25, 0.3) is 0 Å². The van der Waals surface area contributed by atoms with Crippen LogP contribution in [0, 0.1) is 0 Å². The molecule has 0 aliphatic carbocycles. The van der Waals surface area contributed by atoms with Gasteiger partial charge in [-0.15, -0.1) is 0 Å². The summed E-state index contributed by atoms with van der Waals surface area (Å²) in [5, 5.41) is 0. The fourth-order valence-corrected chi connectivity index (χ4v) is 2.08. The van der Waals surface area contributed by atoms with Gasteiger partial charge in [0.15, 0.2) is 0 Å². The number of amides is 1. The number of rotatable bonds is 1. The third-order valence-electron chi connectivity index (χ3n) is 2.86. The zero-order valence-electron chi connectivity index (χ0n) is 10.1. The predicted molar refractivity (Wildman–Crippen MR) is 63.7 cm³/mol. The molecule has 0 radical (unpaired) electrons. The van der Waals surface area contributed by atoms with Crippen LogP contribution in [0.15, 0.2) is 30.3 Å². The molecule has 2 atom stereocenters. The maximum Gasteiger partial charge on any atom is 0.409 e. The second kappa shape index (κ2) is 5.19. The van der Waals surface area contributed by atoms with Gasteiger partial charge in [-0.3, -0.25) is 0 Å². The third kappa shape index (κ3) is 2.77. The summed E-state index contributed by atoms with van der Waals surface area (Å²) in [6.45, 7) is 3.09. The molecule has 4 heteroatoms. The Morgan fingerprint density at radius 3 is 2.71 bits per heavy atom. The maximum absolute atomic E-state index is 11.5. The van der Waals surface area contributed by atoms with Crippen LogP contribution in [-0.4, -0.2) is 37.3 Å². The molecule has 92 valence electrons. The molecule has 1 saturated heterocycles. The molecule has 17 heavy (non-hydrogen) atoms. The second-order valence-corrected chi connectivity index (χ2v) is 4.22. The summed E-state index contributed by atoms with van der Waals surface area (Å²) in [6, 6.07) is 9.94. The van der Waals surface area contributed by atoms with Crippen molar-refractivity contribution < 1.29 is 14.3 Å². The normalized spacial score (nSPS) is 24.5. The van der Waals surface area contributed by atoms with E-state index in [1.54, 1.807) is 4.90 Å². The molecule has 0 N–H and O–H groups in total. The maximum atomic E-state index is 11.5. The molecule has 0 aromatic heterocycles. The highest BCUT2D eigenvalue weighted by atomic mass is 16.5. The number of ether oxygens (including phenoxy) is 2. The van der Waals surface area contributed by atoms with E-state index in [4.69, 9.17) is 9.47 Å². The van der Waals surface area contributed by atoms with Gasteiger partial charge in [-0.05, 0) is 12.5 Å². The lowest BCUT2D eigenvalue weighted by molar-refractivity contribution is -0.0725. The van der Waals surface area contributed by atoms with Crippen molar-refractivity contribution in [2.24, 2.45) is 0 Å². The van der Waals surface area contributed by atoms with E-state index in [-0.39, 0.29) is 18.3 Å². The largest absolute Gasteiger partial charge is 0.453 e. The van der Waals surface area contributed by atoms with Crippen molar-refractivity contribution in [2.75, 3.05) is 20.2 Å². The Labute approximate surface area is 101 Å². The average Bonchev–Trinajstić information content (AvgIpc) is 2.38. The van der Waals surface area contributed by atoms with Gasteiger partial charge in [0.05, 0.1) is 26.3 Å². The number of carbonyl (C=O) groups excluding carboxylic acids is 1. The average molecular weight is 235 g/mol. The molecule has 0 saturated carbocycles. The van der Waals surface area contributed by atoms with Gasteiger partial charge >= 0.3 is 6.09 Å². The van der Waals surface area contributed by atoms with Gasteiger partial charge in [-0.25, -0.2) is 4.79 Å². The molecule has 1 amide bonds. The van der Waals surface area contributed by atoms with Crippen LogP contribution in [0.1, 0.15) is 18.6 Å². The van der Waals surface area contributed by atoms with Gasteiger partial charge in [-0.2, -0.15) is 0 Å². The lowest BCUT2D eigenvalue weighted by Crippen LogP contribution is -2.45. The first-order valence-electron chi connectivity index (χ1n) is 5.74. The number of methoxy groups -OCH3 is 1. The van der Waals surface area contributed by atoms with E-state index in [0.717, 1.165) is 5.56 Å². The van der Waals surface area contributed by atoms with E-state index >= 15 is 0 Å². The van der Waals surface area contributed by atoms with Crippen molar-refractivity contribution in [1.29, 1.82) is 0 Å². The molecule has 1 heterocycles. The highest BCUT2D eigenvalue weighted by Crippen LogP contribution is 2.25. The smallest absolute Gasteiger partial charge is 0.409 e. The molecule has 4 nitrogen and oxygen atoms in total. The minimum absolute atomic E-state index is 0.0213. The monoisotopic (exact) mass is 235 g/mol. The van der Waals surface area contributed by atoms with Gasteiger partial charge in [0.25, 0.3) is 0 Å². The van der Waals surface area contributed by atoms with Gasteiger partial charge in [-0.1, -0.05) is 30.3 Å². The molecule has 2 rings (SSSR count). The number of nitrogens with zero attached hydrogens (tertiary/aromatic N) is 1. The van der Waals surface area contributed by atoms with Crippen molar-refractivity contribution in [3.05, 3.63) is 35.9 Å². The van der Waals surface area contributed by atoms with Crippen molar-refractivity contribution in [1.82, 2.24) is 4.90 Å². The first-order chi connectivity index (χ1) is 8.20. The molecule has 1 fully saturated rings. The van der Waals surface area contributed by atoms with E-state index in [9.17, 15) is 4.79 Å². The fraction of sp³-hybridized carbons (Fsp3) is 0.462. The van der Waals surface area contributed by atoms with Crippen molar-refractivity contribution in [2.45, 2.75) is 19.1 Å². The van der Waals surface area contributed by atoms with Crippen LogP contribution in [-0.2, 0) is 9.47 Å². The summed E-state index contributed by atoms with van der Waals surface area (Å²) in [7, 11) is 1.40. The van der Waals surface area contributed by atoms with Crippen LogP contribution in [0.5, 0.6) is 0 Å². The van der Waals surface area contributed by atoms with E-state index in [1.165, 1.54) is 7.11 Å². The number of benzene rings is 1. The van der Waals surface area contributed by atoms with Crippen LogP contribution < -0.4 is 0 Å². The molecule has 0 spiro atoms. The molecule has 1 aliphatic heterocycles. The number of carbonyl (C=O) groups is 1. The lowest BCUT2D eigenvalue weighted by atomic mass is 10.1. The zero-order valence-corrected chi connectivity index (χ0v) is 10.1. The zero-order chi connectivity index (χ0) is 12.3. The highest BCUT2D eigenvalue weighted by Gasteiger charge is 2.29. The summed E-state index contributed by atoms with van der Waals surface area (Å²) in [6.07, 6.45) is -0.340. The molecule has 2 unspecified atom stereocenters. The summed E-state index contributed by atoms with van der Waals surface area (Å²) < 4.78 is 10.6. The highest BCUT2D eigenvalue weighted by molar-refractivity contribution is 5.67. The molecular weight excluding hydrogens is 218 g/mol. The Balaban J connectivity index is 2.11. The Bertz CT molecular complexity index is 380. The summed E-state index contributed by atoms with van der Waals surface area (Å²) in [5.41, 5.74) is 1.09. The van der Waals surface area contributed by atoms with Gasteiger partial charge in [0.2, 0.25) is 0 Å². The SMILES string of the molecule is COC(=O)N1CC(C)OC(c2ccccc2)C1. The first kappa shape index (κ1) is 11.9. The fourth-order valence-electron chi connectivity index (χ4n) is 2.08. The van der Waals surface area contributed by atoms with Gasteiger partial charge in [0.1, 0.15) is 6.10 Å². The Hall–Kier alpha value is -1.55. The van der Waals surface area contributed by atoms with Crippen LogP contribution in [0.2, 0.25) is 0 Å². The van der Waals surface area contributed by atoms with Crippen molar-refractivity contribution in [3.8, 4) is 0 Å². The number of hydrogen-bond acceptors (Lipinski definition) is 3. The van der Waals surface area contributed by atoms with Gasteiger partial charge in [0, 0.05) is 0 Å². The van der Waals surface area contributed by atoms with E-state index in [1.807, 2.05) is 37.3 Å². The number of hydrogen-bond donors (Lipinski definition) is 0. The first-order valence-corrected chi connectivity index (χ1v) is 5.74. The summed E-state index contributed by atoms with van der Waals surface area (Å²) >= 11 is 0.